The molecule has 0 fully saturated rings. The summed E-state index contributed by atoms with van der Waals surface area (Å²) in [5, 5.41) is 0. The fourth-order valence-electron chi connectivity index (χ4n) is 3.11. The number of halogens is 1. The van der Waals surface area contributed by atoms with E-state index in [0.717, 1.165) is 10.0 Å². The molecular weight excluding hydrogens is 464 g/mol. The van der Waals surface area contributed by atoms with Crippen molar-refractivity contribution >= 4 is 33.8 Å². The molecule has 7 heteroatoms. The lowest BCUT2D eigenvalue weighted by molar-refractivity contribution is 0.0734. The van der Waals surface area contributed by atoms with Crippen LogP contribution in [0, 0.1) is 0 Å². The van der Waals surface area contributed by atoms with Crippen molar-refractivity contribution in [3.05, 3.63) is 87.6 Å². The lowest BCUT2D eigenvalue weighted by atomic mass is 10.1. The molecule has 0 radical (unpaired) electrons. The molecular formula is C24H17BrO6. The molecule has 31 heavy (non-hydrogen) atoms. The topological polar surface area (TPSA) is 71.1 Å². The number of allylic oxidation sites excluding steroid dienone is 1. The van der Waals surface area contributed by atoms with Gasteiger partial charge in [-0.15, -0.1) is 0 Å². The Balaban J connectivity index is 1.54. The number of benzene rings is 3. The molecule has 0 spiro atoms. The van der Waals surface area contributed by atoms with Crippen LogP contribution in [-0.2, 0) is 0 Å². The van der Waals surface area contributed by atoms with E-state index in [9.17, 15) is 9.59 Å². The average molecular weight is 481 g/mol. The van der Waals surface area contributed by atoms with E-state index in [1.807, 2.05) is 24.3 Å². The molecule has 1 aliphatic heterocycles. The van der Waals surface area contributed by atoms with Gasteiger partial charge in [0.1, 0.15) is 11.5 Å². The van der Waals surface area contributed by atoms with Crippen molar-refractivity contribution in [3.63, 3.8) is 0 Å². The van der Waals surface area contributed by atoms with Crippen LogP contribution in [0.2, 0.25) is 0 Å². The van der Waals surface area contributed by atoms with E-state index in [0.29, 0.717) is 28.4 Å². The molecule has 3 aromatic carbocycles. The molecule has 0 saturated carbocycles. The van der Waals surface area contributed by atoms with Crippen LogP contribution in [0.15, 0.2) is 70.9 Å². The van der Waals surface area contributed by atoms with E-state index < -0.39 is 5.97 Å². The Bertz CT molecular complexity index is 1210. The number of fused-ring (bicyclic) bond motifs is 1. The summed E-state index contributed by atoms with van der Waals surface area (Å²) in [4.78, 5) is 25.2. The number of ketones is 1. The van der Waals surface area contributed by atoms with Crippen LogP contribution in [-0.4, -0.2) is 26.0 Å². The lowest BCUT2D eigenvalue weighted by Crippen LogP contribution is -2.09. The number of carbonyl (C=O) groups is 2. The highest BCUT2D eigenvalue weighted by atomic mass is 79.9. The molecule has 0 unspecified atom stereocenters. The first-order valence-corrected chi connectivity index (χ1v) is 10.1. The summed E-state index contributed by atoms with van der Waals surface area (Å²) in [6.45, 7) is 0. The van der Waals surface area contributed by atoms with Gasteiger partial charge in [0, 0.05) is 10.5 Å². The second-order valence-electron chi connectivity index (χ2n) is 6.61. The molecule has 0 bridgehead atoms. The van der Waals surface area contributed by atoms with E-state index in [4.69, 9.17) is 18.9 Å². The van der Waals surface area contributed by atoms with E-state index in [1.54, 1.807) is 30.3 Å². The first-order valence-electron chi connectivity index (χ1n) is 9.26. The Morgan fingerprint density at radius 3 is 2.52 bits per heavy atom. The zero-order valence-corrected chi connectivity index (χ0v) is 18.3. The zero-order chi connectivity index (χ0) is 22.0. The Labute approximate surface area is 187 Å². The maximum Gasteiger partial charge on any atom is 0.343 e. The molecule has 4 rings (SSSR count). The summed E-state index contributed by atoms with van der Waals surface area (Å²) in [5.41, 5.74) is 1.53. The Morgan fingerprint density at radius 2 is 1.77 bits per heavy atom. The molecule has 1 heterocycles. The minimum Gasteiger partial charge on any atom is -0.493 e. The fraction of sp³-hybridized carbons (Fsp3) is 0.0833. The SMILES string of the molecule is COc1ccc(C(=O)Oc2ccc3c(c2)O/C(=C\c2cccc(Br)c2)C3=O)cc1OC. The smallest absolute Gasteiger partial charge is 0.343 e. The van der Waals surface area contributed by atoms with Crippen molar-refractivity contribution in [3.8, 4) is 23.0 Å². The number of Topliss-reactive ketones (excluding diaryl/α,β-unsaturated/α-hetero) is 1. The van der Waals surface area contributed by atoms with Gasteiger partial charge in [-0.1, -0.05) is 28.1 Å². The summed E-state index contributed by atoms with van der Waals surface area (Å²) >= 11 is 3.41. The Hall–Kier alpha value is -3.58. The normalized spacial score (nSPS) is 13.5. The van der Waals surface area contributed by atoms with Crippen molar-refractivity contribution in [2.24, 2.45) is 0 Å². The van der Waals surface area contributed by atoms with E-state index in [-0.39, 0.29) is 17.3 Å². The number of methoxy groups -OCH3 is 2. The highest BCUT2D eigenvalue weighted by Gasteiger charge is 2.28. The zero-order valence-electron chi connectivity index (χ0n) is 16.7. The number of hydrogen-bond donors (Lipinski definition) is 0. The van der Waals surface area contributed by atoms with Gasteiger partial charge < -0.3 is 18.9 Å². The van der Waals surface area contributed by atoms with Crippen LogP contribution < -0.4 is 18.9 Å². The monoisotopic (exact) mass is 480 g/mol. The van der Waals surface area contributed by atoms with Crippen LogP contribution in [0.5, 0.6) is 23.0 Å². The van der Waals surface area contributed by atoms with E-state index in [2.05, 4.69) is 15.9 Å². The summed E-state index contributed by atoms with van der Waals surface area (Å²) in [6, 6.07) is 16.9. The van der Waals surface area contributed by atoms with Gasteiger partial charge in [-0.3, -0.25) is 4.79 Å². The first-order chi connectivity index (χ1) is 15.0. The molecule has 1 aliphatic rings. The number of rotatable bonds is 5. The standard InChI is InChI=1S/C24H17BrO6/c1-28-19-9-6-15(12-21(19)29-2)24(27)30-17-7-8-18-20(13-17)31-22(23(18)26)11-14-4-3-5-16(25)10-14/h3-13H,1-2H3/b22-11-. The van der Waals surface area contributed by atoms with Gasteiger partial charge in [-0.05, 0) is 54.1 Å². The van der Waals surface area contributed by atoms with Gasteiger partial charge in [0.25, 0.3) is 0 Å². The highest BCUT2D eigenvalue weighted by Crippen LogP contribution is 2.35. The maximum atomic E-state index is 12.6. The molecule has 0 amide bonds. The third-order valence-electron chi connectivity index (χ3n) is 4.62. The van der Waals surface area contributed by atoms with E-state index in [1.165, 1.54) is 26.4 Å². The number of esters is 1. The number of ether oxygens (including phenoxy) is 4. The van der Waals surface area contributed by atoms with Gasteiger partial charge in [0.2, 0.25) is 5.78 Å². The van der Waals surface area contributed by atoms with Crippen LogP contribution in [0.4, 0.5) is 0 Å². The van der Waals surface area contributed by atoms with Gasteiger partial charge >= 0.3 is 5.97 Å². The van der Waals surface area contributed by atoms with Gasteiger partial charge in [0.05, 0.1) is 25.3 Å². The Kier molecular flexibility index (Phi) is 5.77. The Morgan fingerprint density at radius 1 is 0.968 bits per heavy atom. The van der Waals surface area contributed by atoms with Crippen LogP contribution in [0.25, 0.3) is 6.08 Å². The predicted octanol–water partition coefficient (Wildman–Crippen LogP) is 5.30. The van der Waals surface area contributed by atoms with Gasteiger partial charge in [-0.25, -0.2) is 4.79 Å². The van der Waals surface area contributed by atoms with Crippen LogP contribution >= 0.6 is 15.9 Å². The third kappa shape index (κ3) is 4.32. The minimum absolute atomic E-state index is 0.205. The molecule has 0 N–H and O–H groups in total. The predicted molar refractivity (Wildman–Crippen MR) is 118 cm³/mol. The molecule has 0 aromatic heterocycles. The summed E-state index contributed by atoms with van der Waals surface area (Å²) in [5.74, 6) is 0.925. The van der Waals surface area contributed by atoms with Gasteiger partial charge in [0.15, 0.2) is 17.3 Å². The third-order valence-corrected chi connectivity index (χ3v) is 5.11. The van der Waals surface area contributed by atoms with Crippen molar-refractivity contribution in [1.29, 1.82) is 0 Å². The molecule has 156 valence electrons. The van der Waals surface area contributed by atoms with Crippen LogP contribution in [0.3, 0.4) is 0 Å². The molecule has 0 aliphatic carbocycles. The molecule has 0 saturated heterocycles. The average Bonchev–Trinajstić information content (AvgIpc) is 3.07. The highest BCUT2D eigenvalue weighted by molar-refractivity contribution is 9.10. The first kappa shape index (κ1) is 20.7. The van der Waals surface area contributed by atoms with Crippen molar-refractivity contribution in [2.45, 2.75) is 0 Å². The van der Waals surface area contributed by atoms with Crippen molar-refractivity contribution in [1.82, 2.24) is 0 Å². The molecule has 6 nitrogen and oxygen atoms in total. The maximum absolute atomic E-state index is 12.6. The van der Waals surface area contributed by atoms with Gasteiger partial charge in [-0.2, -0.15) is 0 Å². The largest absolute Gasteiger partial charge is 0.493 e. The van der Waals surface area contributed by atoms with E-state index >= 15 is 0 Å². The molecule has 0 atom stereocenters. The molecule has 3 aromatic rings. The second-order valence-corrected chi connectivity index (χ2v) is 7.53. The summed E-state index contributed by atoms with van der Waals surface area (Å²) in [7, 11) is 3.00. The minimum atomic E-state index is -0.574. The lowest BCUT2D eigenvalue weighted by Gasteiger charge is -2.10. The van der Waals surface area contributed by atoms with Crippen molar-refractivity contribution < 1.29 is 28.5 Å². The number of hydrogen-bond acceptors (Lipinski definition) is 6. The van der Waals surface area contributed by atoms with Crippen LogP contribution in [0.1, 0.15) is 26.3 Å². The summed E-state index contributed by atoms with van der Waals surface area (Å²) in [6.07, 6.45) is 1.67. The summed E-state index contributed by atoms with van der Waals surface area (Å²) < 4.78 is 22.5. The fourth-order valence-corrected chi connectivity index (χ4v) is 3.52. The van der Waals surface area contributed by atoms with Crippen molar-refractivity contribution in [2.75, 3.05) is 14.2 Å². The quantitative estimate of drug-likeness (QED) is 0.280. The second kappa shape index (κ2) is 8.65. The number of carbonyl (C=O) groups excluding carboxylic acids is 2.